The summed E-state index contributed by atoms with van der Waals surface area (Å²) in [4.78, 5) is 0. The van der Waals surface area contributed by atoms with Crippen LogP contribution in [0.2, 0.25) is 0 Å². The Labute approximate surface area is 133 Å². The summed E-state index contributed by atoms with van der Waals surface area (Å²) < 4.78 is 9.42. The first-order valence-electron chi connectivity index (χ1n) is 7.42. The van der Waals surface area contributed by atoms with Gasteiger partial charge in [0.2, 0.25) is 0 Å². The zero-order valence-electron chi connectivity index (χ0n) is 12.3. The zero-order valence-corrected chi connectivity index (χ0v) is 12.9. The minimum absolute atomic E-state index is 0.556. The lowest BCUT2D eigenvalue weighted by atomic mass is 9.92. The summed E-state index contributed by atoms with van der Waals surface area (Å²) in [6.07, 6.45) is 0. The van der Waals surface area contributed by atoms with E-state index in [9.17, 15) is 0 Å². The largest absolute Gasteiger partial charge is 0.0629 e. The Bertz CT molecular complexity index is 948. The van der Waals surface area contributed by atoms with Crippen molar-refractivity contribution >= 4 is 37.5 Å². The van der Waals surface area contributed by atoms with Gasteiger partial charge in [0.1, 0.15) is 0 Å². The molecule has 0 aliphatic rings. The lowest BCUT2D eigenvalue weighted by Crippen LogP contribution is -1.86. The summed E-state index contributed by atoms with van der Waals surface area (Å²) in [5.74, 6) is 0. The summed E-state index contributed by atoms with van der Waals surface area (Å²) in [6, 6.07) is 25.1. The molecule has 21 heavy (non-hydrogen) atoms. The highest BCUT2D eigenvalue weighted by Crippen LogP contribution is 2.41. The maximum absolute atomic E-state index is 8.30. The van der Waals surface area contributed by atoms with Gasteiger partial charge in [0.05, 0.1) is 1.37 Å². The highest BCUT2D eigenvalue weighted by Gasteiger charge is 2.12. The molecule has 0 aromatic heterocycles. The first-order valence-corrected chi connectivity index (χ1v) is 7.71. The highest BCUT2D eigenvalue weighted by molar-refractivity contribution is 9.10. The van der Waals surface area contributed by atoms with Crippen LogP contribution in [0.25, 0.3) is 32.7 Å². The third kappa shape index (κ3) is 1.97. The molecule has 0 amide bonds. The van der Waals surface area contributed by atoms with Crippen molar-refractivity contribution in [2.75, 3.05) is 0 Å². The third-order valence-electron chi connectivity index (χ3n) is 3.84. The van der Waals surface area contributed by atoms with Crippen LogP contribution in [0.15, 0.2) is 83.3 Å². The highest BCUT2D eigenvalue weighted by atomic mass is 79.9. The molecule has 4 rings (SSSR count). The molecular weight excluding hydrogens is 320 g/mol. The number of rotatable bonds is 1. The van der Waals surface area contributed by atoms with Crippen LogP contribution in [0.4, 0.5) is 0 Å². The van der Waals surface area contributed by atoms with Gasteiger partial charge in [-0.3, -0.25) is 0 Å². The van der Waals surface area contributed by atoms with Gasteiger partial charge < -0.3 is 0 Å². The van der Waals surface area contributed by atoms with Gasteiger partial charge in [-0.2, -0.15) is 0 Å². The van der Waals surface area contributed by atoms with Crippen molar-refractivity contribution in [3.05, 3.63) is 83.3 Å². The van der Waals surface area contributed by atoms with Crippen molar-refractivity contribution in [2.45, 2.75) is 0 Å². The number of fused-ring (bicyclic) bond motifs is 2. The monoisotopic (exact) mass is 333 g/mol. The van der Waals surface area contributed by atoms with Crippen LogP contribution < -0.4 is 0 Å². The zero-order chi connectivity index (χ0) is 15.1. The summed E-state index contributed by atoms with van der Waals surface area (Å²) in [5, 5.41) is 4.71. The molecule has 4 aromatic rings. The van der Waals surface area contributed by atoms with Crippen molar-refractivity contribution < 1.29 is 1.37 Å². The molecule has 1 heteroatoms. The molecule has 0 bridgehead atoms. The number of halogens is 1. The maximum Gasteiger partial charge on any atom is 0.0629 e. The molecule has 0 saturated heterocycles. The quantitative estimate of drug-likeness (QED) is 0.352. The number of hydrogen-bond acceptors (Lipinski definition) is 0. The topological polar surface area (TPSA) is 0 Å². The fraction of sp³-hybridized carbons (Fsp3) is 0. The molecule has 0 heterocycles. The molecule has 0 N–H and O–H groups in total. The van der Waals surface area contributed by atoms with E-state index in [1.807, 2.05) is 24.3 Å². The van der Waals surface area contributed by atoms with E-state index in [0.29, 0.717) is 6.04 Å². The van der Waals surface area contributed by atoms with Crippen LogP contribution >= 0.6 is 15.9 Å². The van der Waals surface area contributed by atoms with Crippen molar-refractivity contribution in [1.82, 2.24) is 0 Å². The first kappa shape index (κ1) is 11.5. The summed E-state index contributed by atoms with van der Waals surface area (Å²) in [5.41, 5.74) is 2.11. The van der Waals surface area contributed by atoms with E-state index in [2.05, 4.69) is 64.5 Å². The number of benzene rings is 4. The van der Waals surface area contributed by atoms with E-state index in [4.69, 9.17) is 1.37 Å². The molecule has 0 aliphatic heterocycles. The van der Waals surface area contributed by atoms with Gasteiger partial charge in [-0.05, 0) is 48.6 Å². The van der Waals surface area contributed by atoms with Crippen molar-refractivity contribution in [2.24, 2.45) is 0 Å². The summed E-state index contributed by atoms with van der Waals surface area (Å²) in [7, 11) is 0. The van der Waals surface area contributed by atoms with Crippen LogP contribution in [-0.4, -0.2) is 0 Å². The van der Waals surface area contributed by atoms with Gasteiger partial charge in [0.25, 0.3) is 0 Å². The average molecular weight is 334 g/mol. The van der Waals surface area contributed by atoms with Gasteiger partial charge in [0.15, 0.2) is 0 Å². The van der Waals surface area contributed by atoms with Crippen LogP contribution in [0.3, 0.4) is 0 Å². The molecule has 0 saturated carbocycles. The van der Waals surface area contributed by atoms with Gasteiger partial charge in [-0.25, -0.2) is 0 Å². The minimum atomic E-state index is 0.556. The SMILES string of the molecule is [2H]c1ccccc1-c1c2ccccc2c(Br)c2ccccc12. The van der Waals surface area contributed by atoms with Crippen molar-refractivity contribution in [1.29, 1.82) is 0 Å². The predicted octanol–water partition coefficient (Wildman–Crippen LogP) is 6.42. The second-order valence-corrected chi connectivity index (χ2v) is 5.85. The van der Waals surface area contributed by atoms with Gasteiger partial charge in [-0.15, -0.1) is 0 Å². The van der Waals surface area contributed by atoms with Gasteiger partial charge >= 0.3 is 0 Å². The van der Waals surface area contributed by atoms with E-state index >= 15 is 0 Å². The van der Waals surface area contributed by atoms with E-state index < -0.39 is 0 Å². The van der Waals surface area contributed by atoms with E-state index in [1.165, 1.54) is 21.5 Å². The molecule has 0 radical (unpaired) electrons. The Balaban J connectivity index is 2.29. The van der Waals surface area contributed by atoms with E-state index in [0.717, 1.165) is 15.6 Å². The molecule has 0 nitrogen and oxygen atoms in total. The first-order chi connectivity index (χ1) is 10.8. The molecule has 0 spiro atoms. The van der Waals surface area contributed by atoms with Crippen LogP contribution in [0, 0.1) is 0 Å². The van der Waals surface area contributed by atoms with Crippen molar-refractivity contribution in [3.63, 3.8) is 0 Å². The normalized spacial score (nSPS) is 11.8. The maximum atomic E-state index is 8.30. The molecule has 0 atom stereocenters. The molecule has 0 aliphatic carbocycles. The fourth-order valence-corrected chi connectivity index (χ4v) is 3.61. The molecule has 4 aromatic carbocycles. The second-order valence-electron chi connectivity index (χ2n) is 5.06. The van der Waals surface area contributed by atoms with Crippen molar-refractivity contribution in [3.8, 4) is 11.1 Å². The van der Waals surface area contributed by atoms with E-state index in [-0.39, 0.29) is 0 Å². The summed E-state index contributed by atoms with van der Waals surface area (Å²) >= 11 is 3.76. The van der Waals surface area contributed by atoms with Crippen LogP contribution in [-0.2, 0) is 0 Å². The third-order valence-corrected chi connectivity index (χ3v) is 4.70. The predicted molar refractivity (Wildman–Crippen MR) is 94.6 cm³/mol. The lowest BCUT2D eigenvalue weighted by molar-refractivity contribution is 1.66. The smallest absolute Gasteiger partial charge is 0.0622 e. The molecular formula is C20H13Br. The Morgan fingerprint density at radius 2 is 1.14 bits per heavy atom. The second kappa shape index (κ2) is 5.01. The van der Waals surface area contributed by atoms with Crippen LogP contribution in [0.1, 0.15) is 1.37 Å². The Morgan fingerprint density at radius 3 is 1.71 bits per heavy atom. The Hall–Kier alpha value is -2.12. The Kier molecular flexibility index (Phi) is 2.75. The van der Waals surface area contributed by atoms with Crippen LogP contribution in [0.5, 0.6) is 0 Å². The molecule has 100 valence electrons. The average Bonchev–Trinajstić information content (AvgIpc) is 2.57. The fourth-order valence-electron chi connectivity index (χ4n) is 2.91. The standard InChI is InChI=1S/C20H13Br/c21-20-17-12-6-4-10-15(17)19(14-8-2-1-3-9-14)16-11-5-7-13-18(16)20/h1-13H/i8D. The van der Waals surface area contributed by atoms with Gasteiger partial charge in [-0.1, -0.05) is 78.8 Å². The minimum Gasteiger partial charge on any atom is -0.0622 e. The Morgan fingerprint density at radius 1 is 0.619 bits per heavy atom. The summed E-state index contributed by atoms with van der Waals surface area (Å²) in [6.45, 7) is 0. The van der Waals surface area contributed by atoms with E-state index in [1.54, 1.807) is 0 Å². The van der Waals surface area contributed by atoms with Gasteiger partial charge in [0, 0.05) is 4.47 Å². The molecule has 0 fully saturated rings. The lowest BCUT2D eigenvalue weighted by Gasteiger charge is -2.14. The molecule has 0 unspecified atom stereocenters. The number of hydrogen-bond donors (Lipinski definition) is 0.